The van der Waals surface area contributed by atoms with Crippen LogP contribution in [-0.4, -0.2) is 26.8 Å². The van der Waals surface area contributed by atoms with Gasteiger partial charge >= 0.3 is 16.5 Å². The summed E-state index contributed by atoms with van der Waals surface area (Å²) in [5, 5.41) is 5.99. The first kappa shape index (κ1) is 27.8. The molecule has 30 heavy (non-hydrogen) atoms. The van der Waals surface area contributed by atoms with Crippen molar-refractivity contribution in [2.75, 3.05) is 0 Å². The summed E-state index contributed by atoms with van der Waals surface area (Å²) >= 11 is 14.3. The van der Waals surface area contributed by atoms with Crippen molar-refractivity contribution in [1.29, 1.82) is 0 Å². The fourth-order valence-electron chi connectivity index (χ4n) is 2.30. The highest BCUT2D eigenvalue weighted by Gasteiger charge is 2.09. The second kappa shape index (κ2) is 15.6. The number of halogens is 3. The first-order valence-electron chi connectivity index (χ1n) is 8.93. The number of aliphatic carboxylic acids is 1. The third kappa shape index (κ3) is 13.9. The van der Waals surface area contributed by atoms with E-state index in [-0.39, 0.29) is 23.5 Å². The highest BCUT2D eigenvalue weighted by Crippen LogP contribution is 2.19. The van der Waals surface area contributed by atoms with Crippen molar-refractivity contribution < 1.29 is 24.3 Å². The van der Waals surface area contributed by atoms with Gasteiger partial charge in [-0.2, -0.15) is 0 Å². The van der Waals surface area contributed by atoms with E-state index in [0.717, 1.165) is 11.1 Å². The van der Waals surface area contributed by atoms with Crippen molar-refractivity contribution in [1.82, 2.24) is 0 Å². The van der Waals surface area contributed by atoms with Crippen LogP contribution in [0.15, 0.2) is 60.7 Å². The van der Waals surface area contributed by atoms with Crippen LogP contribution in [0.1, 0.15) is 49.7 Å². The third-order valence-corrected chi connectivity index (χ3v) is 4.43. The van der Waals surface area contributed by atoms with Crippen molar-refractivity contribution in [2.45, 2.75) is 38.5 Å². The second-order valence-electron chi connectivity index (χ2n) is 6.33. The number of carboxylic acids is 1. The van der Waals surface area contributed by atoms with Crippen LogP contribution in [0, 0.1) is 0 Å². The Kier molecular flexibility index (Phi) is 14.5. The number of hydrogen-bond donors (Lipinski definition) is 1. The summed E-state index contributed by atoms with van der Waals surface area (Å²) in [5.41, 5.74) is 2.24. The number of carbonyl (C=O) groups is 4. The minimum atomic E-state index is -1.14. The molecule has 2 rings (SSSR count). The molecule has 0 aliphatic rings. The number of carbonyl (C=O) groups excluding carboxylic acids is 3. The number of rotatable bonds is 7. The summed E-state index contributed by atoms with van der Waals surface area (Å²) in [4.78, 5) is 39.8. The molecule has 2 aromatic rings. The Morgan fingerprint density at radius 2 is 1.03 bits per heavy atom. The molecule has 8 heteroatoms. The van der Waals surface area contributed by atoms with Gasteiger partial charge in [-0.05, 0) is 57.8 Å². The van der Waals surface area contributed by atoms with Crippen LogP contribution in [0.5, 0.6) is 0 Å². The molecule has 0 saturated carbocycles. The molecule has 0 amide bonds. The quantitative estimate of drug-likeness (QED) is 0.410. The van der Waals surface area contributed by atoms with Crippen LogP contribution in [0.4, 0.5) is 0 Å². The van der Waals surface area contributed by atoms with Gasteiger partial charge in [0.2, 0.25) is 5.24 Å². The average molecular weight is 474 g/mol. The summed E-state index contributed by atoms with van der Waals surface area (Å²) in [6, 6.07) is 19.6. The van der Waals surface area contributed by atoms with Gasteiger partial charge in [-0.15, -0.1) is 0 Å². The Balaban J connectivity index is 0.000000447. The maximum Gasteiger partial charge on any atom is 0.304 e. The van der Waals surface area contributed by atoms with E-state index in [1.165, 1.54) is 0 Å². The minimum Gasteiger partial charge on any atom is -0.481 e. The van der Waals surface area contributed by atoms with E-state index < -0.39 is 16.5 Å². The molecule has 2 unspecified atom stereocenters. The van der Waals surface area contributed by atoms with Crippen LogP contribution in [0.3, 0.4) is 0 Å². The van der Waals surface area contributed by atoms with Gasteiger partial charge < -0.3 is 5.11 Å². The van der Waals surface area contributed by atoms with Crippen molar-refractivity contribution >= 4 is 56.5 Å². The van der Waals surface area contributed by atoms with Crippen LogP contribution in [0.2, 0.25) is 0 Å². The van der Waals surface area contributed by atoms with Gasteiger partial charge in [-0.1, -0.05) is 74.5 Å². The molecule has 0 aliphatic heterocycles. The number of benzene rings is 2. The lowest BCUT2D eigenvalue weighted by atomic mass is 9.98. The molecule has 1 N–H and O–H groups in total. The van der Waals surface area contributed by atoms with E-state index in [4.69, 9.17) is 16.7 Å². The molecule has 162 valence electrons. The van der Waals surface area contributed by atoms with Gasteiger partial charge in [0.25, 0.3) is 0 Å². The zero-order valence-corrected chi connectivity index (χ0v) is 18.8. The van der Waals surface area contributed by atoms with Crippen LogP contribution >= 0.6 is 34.8 Å². The fraction of sp³-hybridized carbons (Fsp3) is 0.273. The lowest BCUT2D eigenvalue weighted by Gasteiger charge is -2.07. The van der Waals surface area contributed by atoms with E-state index in [0.29, 0.717) is 6.42 Å². The van der Waals surface area contributed by atoms with Gasteiger partial charge in [0.15, 0.2) is 0 Å². The summed E-state index contributed by atoms with van der Waals surface area (Å²) in [6.07, 6.45) is 0.607. The first-order chi connectivity index (χ1) is 14.0. The molecule has 2 atom stereocenters. The van der Waals surface area contributed by atoms with E-state index in [1.807, 2.05) is 74.5 Å². The molecule has 0 fully saturated rings. The summed E-state index contributed by atoms with van der Waals surface area (Å²) in [5.74, 6) is -0.425. The lowest BCUT2D eigenvalue weighted by molar-refractivity contribution is -0.137. The highest BCUT2D eigenvalue weighted by atomic mass is 35.5. The van der Waals surface area contributed by atoms with Crippen molar-refractivity contribution in [3.63, 3.8) is 0 Å². The van der Waals surface area contributed by atoms with Crippen LogP contribution in [0.25, 0.3) is 0 Å². The molecule has 0 spiro atoms. The average Bonchev–Trinajstić information content (AvgIpc) is 2.69. The normalized spacial score (nSPS) is 11.5. The van der Waals surface area contributed by atoms with Gasteiger partial charge in [-0.3, -0.25) is 19.2 Å². The lowest BCUT2D eigenvalue weighted by Crippen LogP contribution is -2.02. The van der Waals surface area contributed by atoms with Crippen molar-refractivity contribution in [3.05, 3.63) is 71.8 Å². The largest absolute Gasteiger partial charge is 0.481 e. The zero-order valence-electron chi connectivity index (χ0n) is 16.6. The Morgan fingerprint density at radius 3 is 1.30 bits per heavy atom. The zero-order chi connectivity index (χ0) is 23.1. The fourth-order valence-corrected chi connectivity index (χ4v) is 2.53. The predicted octanol–water partition coefficient (Wildman–Crippen LogP) is 5.73. The van der Waals surface area contributed by atoms with Gasteiger partial charge in [0, 0.05) is 6.42 Å². The van der Waals surface area contributed by atoms with Crippen LogP contribution in [-0.2, 0) is 19.2 Å². The predicted molar refractivity (Wildman–Crippen MR) is 119 cm³/mol. The standard InChI is InChI=1S/C10H11ClO.C10H12O2.C2Cl2O2/c2*1-8(7-10(11)12)9-5-3-2-4-6-9;3-1(5)2(4)6/h2-6,8H,7H2,1H3;2-6,8H,7H2,1H3,(H,11,12);. The van der Waals surface area contributed by atoms with Gasteiger partial charge in [-0.25, -0.2) is 0 Å². The Bertz CT molecular complexity index is 741. The van der Waals surface area contributed by atoms with E-state index >= 15 is 0 Å². The molecule has 0 heterocycles. The van der Waals surface area contributed by atoms with E-state index in [1.54, 1.807) is 0 Å². The topological polar surface area (TPSA) is 88.5 Å². The Morgan fingerprint density at radius 1 is 0.700 bits per heavy atom. The van der Waals surface area contributed by atoms with E-state index in [9.17, 15) is 19.2 Å². The maximum absolute atomic E-state index is 10.6. The van der Waals surface area contributed by atoms with Gasteiger partial charge in [0.05, 0.1) is 6.42 Å². The SMILES string of the molecule is CC(CC(=O)Cl)c1ccccc1.CC(CC(=O)O)c1ccccc1.O=C(Cl)C(=O)Cl. The van der Waals surface area contributed by atoms with Crippen molar-refractivity contribution in [3.8, 4) is 0 Å². The maximum atomic E-state index is 10.6. The first-order valence-corrected chi connectivity index (χ1v) is 10.1. The molecule has 0 saturated heterocycles. The van der Waals surface area contributed by atoms with E-state index in [2.05, 4.69) is 23.2 Å². The Labute approximate surface area is 190 Å². The second-order valence-corrected chi connectivity index (χ2v) is 7.44. The van der Waals surface area contributed by atoms with Crippen LogP contribution < -0.4 is 0 Å². The summed E-state index contributed by atoms with van der Waals surface area (Å²) in [7, 11) is 0. The monoisotopic (exact) mass is 472 g/mol. The third-order valence-electron chi connectivity index (χ3n) is 3.84. The molecular weight excluding hydrogens is 451 g/mol. The highest BCUT2D eigenvalue weighted by molar-refractivity contribution is 6.97. The molecular formula is C22H23Cl3O5. The Hall–Kier alpha value is -2.21. The molecule has 0 bridgehead atoms. The summed E-state index contributed by atoms with van der Waals surface area (Å²) in [6.45, 7) is 3.92. The minimum absolute atomic E-state index is 0.101. The molecule has 0 aliphatic carbocycles. The molecule has 0 radical (unpaired) electrons. The number of hydrogen-bond acceptors (Lipinski definition) is 4. The summed E-state index contributed by atoms with van der Waals surface area (Å²) < 4.78 is 0. The van der Waals surface area contributed by atoms with Crippen molar-refractivity contribution in [2.24, 2.45) is 0 Å². The molecule has 2 aromatic carbocycles. The molecule has 0 aromatic heterocycles. The number of carboxylic acid groups (broad SMARTS) is 1. The van der Waals surface area contributed by atoms with Gasteiger partial charge in [0.1, 0.15) is 0 Å². The molecule has 5 nitrogen and oxygen atoms in total. The smallest absolute Gasteiger partial charge is 0.304 e.